The van der Waals surface area contributed by atoms with Crippen LogP contribution in [0.2, 0.25) is 32.7 Å². The molecule has 0 aliphatic carbocycles. The van der Waals surface area contributed by atoms with Crippen molar-refractivity contribution >= 4 is 39.6 Å². The van der Waals surface area contributed by atoms with Crippen LogP contribution in [0.15, 0.2) is 12.7 Å². The lowest BCUT2D eigenvalue weighted by atomic mass is 9.87. The molecule has 0 aliphatic heterocycles. The zero-order valence-corrected chi connectivity index (χ0v) is 16.6. The van der Waals surface area contributed by atoms with Gasteiger partial charge in [0.25, 0.3) is 0 Å². The maximum absolute atomic E-state index is 6.20. The Kier molecular flexibility index (Phi) is 6.92. The van der Waals surface area contributed by atoms with Gasteiger partial charge in [-0.15, -0.1) is 35.3 Å². The first kappa shape index (κ1) is 19.3. The second-order valence-corrected chi connectivity index (χ2v) is 17.5. The molecule has 1 atom stereocenters. The summed E-state index contributed by atoms with van der Waals surface area (Å²) in [6.45, 7) is 18.7. The molecule has 0 aromatic rings. The molecule has 0 saturated carbocycles. The SMILES string of the molecule is C=CC(C)(C)C(C#C[Si](C)(C)C)O[Si](C)(C)C(Cl)Cl. The zero-order valence-electron chi connectivity index (χ0n) is 13.1. The second kappa shape index (κ2) is 6.82. The van der Waals surface area contributed by atoms with Crippen LogP contribution in [0.25, 0.3) is 0 Å². The van der Waals surface area contributed by atoms with Gasteiger partial charge >= 0.3 is 0 Å². The van der Waals surface area contributed by atoms with Gasteiger partial charge in [-0.25, -0.2) is 0 Å². The van der Waals surface area contributed by atoms with Crippen molar-refractivity contribution in [3.05, 3.63) is 12.7 Å². The fourth-order valence-electron chi connectivity index (χ4n) is 1.11. The predicted octanol–water partition coefficient (Wildman–Crippen LogP) is 5.01. The van der Waals surface area contributed by atoms with Gasteiger partial charge in [0.2, 0.25) is 8.32 Å². The lowest BCUT2D eigenvalue weighted by molar-refractivity contribution is 0.151. The topological polar surface area (TPSA) is 9.23 Å². The third-order valence-corrected chi connectivity index (χ3v) is 8.67. The van der Waals surface area contributed by atoms with Crippen molar-refractivity contribution in [2.24, 2.45) is 5.41 Å². The van der Waals surface area contributed by atoms with E-state index < -0.39 is 20.9 Å². The molecule has 0 heterocycles. The summed E-state index contributed by atoms with van der Waals surface area (Å²) in [5.41, 5.74) is 3.15. The number of hydrogen-bond acceptors (Lipinski definition) is 1. The van der Waals surface area contributed by atoms with E-state index in [1.54, 1.807) is 0 Å². The molecule has 0 rings (SSSR count). The Morgan fingerprint density at radius 3 is 1.95 bits per heavy atom. The standard InChI is InChI=1S/C14H26Cl2OSi2/c1-9-14(2,3)12(10-11-18(4,5)6)17-19(7,8)13(15)16/h9,12-13H,1H2,2-8H3. The van der Waals surface area contributed by atoms with Gasteiger partial charge in [-0.05, 0) is 13.1 Å². The van der Waals surface area contributed by atoms with Crippen LogP contribution >= 0.6 is 23.2 Å². The Morgan fingerprint density at radius 1 is 1.16 bits per heavy atom. The highest BCUT2D eigenvalue weighted by atomic mass is 35.5. The van der Waals surface area contributed by atoms with Gasteiger partial charge in [0.1, 0.15) is 18.6 Å². The summed E-state index contributed by atoms with van der Waals surface area (Å²) >= 11 is 12.1. The van der Waals surface area contributed by atoms with Crippen molar-refractivity contribution in [3.8, 4) is 11.5 Å². The molecular formula is C14H26Cl2OSi2. The highest BCUT2D eigenvalue weighted by Gasteiger charge is 2.38. The summed E-state index contributed by atoms with van der Waals surface area (Å²) < 4.78 is 5.73. The first-order chi connectivity index (χ1) is 8.32. The number of hydrogen-bond donors (Lipinski definition) is 0. The van der Waals surface area contributed by atoms with Crippen LogP contribution in [0.3, 0.4) is 0 Å². The molecule has 0 aromatic heterocycles. The lowest BCUT2D eigenvalue weighted by Gasteiger charge is -2.35. The molecule has 0 amide bonds. The molecule has 1 unspecified atom stereocenters. The molecule has 0 aliphatic rings. The fraction of sp³-hybridized carbons (Fsp3) is 0.714. The molecule has 0 N–H and O–H groups in total. The van der Waals surface area contributed by atoms with E-state index in [0.717, 1.165) is 0 Å². The maximum Gasteiger partial charge on any atom is 0.221 e. The summed E-state index contributed by atoms with van der Waals surface area (Å²) in [6, 6.07) is 0. The molecule has 0 spiro atoms. The minimum atomic E-state index is -2.17. The minimum absolute atomic E-state index is 0.210. The first-order valence-corrected chi connectivity index (χ1v) is 13.8. The molecule has 0 aromatic carbocycles. The van der Waals surface area contributed by atoms with Crippen molar-refractivity contribution in [1.82, 2.24) is 0 Å². The Balaban J connectivity index is 5.32. The van der Waals surface area contributed by atoms with Gasteiger partial charge in [0.05, 0.1) is 0 Å². The van der Waals surface area contributed by atoms with Crippen LogP contribution in [0, 0.1) is 16.9 Å². The van der Waals surface area contributed by atoms with Crippen molar-refractivity contribution in [2.75, 3.05) is 0 Å². The van der Waals surface area contributed by atoms with Crippen LogP contribution in [-0.2, 0) is 4.43 Å². The maximum atomic E-state index is 6.20. The smallest absolute Gasteiger partial charge is 0.221 e. The van der Waals surface area contributed by atoms with Gasteiger partial charge in [-0.2, -0.15) is 0 Å². The van der Waals surface area contributed by atoms with E-state index in [1.165, 1.54) is 0 Å². The highest BCUT2D eigenvalue weighted by Crippen LogP contribution is 2.30. The van der Waals surface area contributed by atoms with Gasteiger partial charge in [-0.3, -0.25) is 0 Å². The zero-order chi connectivity index (χ0) is 15.5. The Hall–Kier alpha value is 0.274. The van der Waals surface area contributed by atoms with E-state index in [1.807, 2.05) is 19.2 Å². The lowest BCUT2D eigenvalue weighted by Crippen LogP contribution is -2.46. The summed E-state index contributed by atoms with van der Waals surface area (Å²) in [5.74, 6) is 3.30. The summed E-state index contributed by atoms with van der Waals surface area (Å²) in [5, 5.41) is 0. The molecule has 0 saturated heterocycles. The van der Waals surface area contributed by atoms with Gasteiger partial charge in [0, 0.05) is 5.41 Å². The second-order valence-electron chi connectivity index (χ2n) is 6.95. The average molecular weight is 337 g/mol. The van der Waals surface area contributed by atoms with Crippen LogP contribution in [0.5, 0.6) is 0 Å². The summed E-state index contributed by atoms with van der Waals surface area (Å²) in [7, 11) is -3.61. The van der Waals surface area contributed by atoms with E-state index in [2.05, 4.69) is 51.5 Å². The molecule has 110 valence electrons. The van der Waals surface area contributed by atoms with Crippen molar-refractivity contribution in [1.29, 1.82) is 0 Å². The Bertz CT molecular complexity index is 373. The molecule has 0 radical (unpaired) electrons. The first-order valence-electron chi connectivity index (χ1n) is 6.44. The predicted molar refractivity (Wildman–Crippen MR) is 92.9 cm³/mol. The van der Waals surface area contributed by atoms with E-state index in [-0.39, 0.29) is 11.5 Å². The molecule has 0 bridgehead atoms. The monoisotopic (exact) mass is 336 g/mol. The molecule has 5 heteroatoms. The normalized spacial score (nSPS) is 14.8. The minimum Gasteiger partial charge on any atom is -0.400 e. The number of halogens is 2. The van der Waals surface area contributed by atoms with Gasteiger partial charge < -0.3 is 4.43 Å². The van der Waals surface area contributed by atoms with E-state index in [4.69, 9.17) is 27.6 Å². The third-order valence-electron chi connectivity index (χ3n) is 2.73. The van der Waals surface area contributed by atoms with Crippen molar-refractivity contribution < 1.29 is 4.43 Å². The summed E-state index contributed by atoms with van der Waals surface area (Å²) in [6.07, 6.45) is 1.68. The summed E-state index contributed by atoms with van der Waals surface area (Å²) in [4.78, 5) is 0. The van der Waals surface area contributed by atoms with Crippen molar-refractivity contribution in [2.45, 2.75) is 57.1 Å². The molecule has 19 heavy (non-hydrogen) atoms. The quantitative estimate of drug-likeness (QED) is 0.296. The van der Waals surface area contributed by atoms with Crippen LogP contribution in [0.4, 0.5) is 0 Å². The van der Waals surface area contributed by atoms with Gasteiger partial charge in [-0.1, -0.05) is 45.5 Å². The number of alkyl halides is 2. The van der Waals surface area contributed by atoms with E-state index >= 15 is 0 Å². The largest absolute Gasteiger partial charge is 0.400 e. The molecule has 0 fully saturated rings. The van der Waals surface area contributed by atoms with E-state index in [9.17, 15) is 0 Å². The molecule has 1 nitrogen and oxygen atoms in total. The highest BCUT2D eigenvalue weighted by molar-refractivity contribution is 6.88. The molecular weight excluding hydrogens is 311 g/mol. The van der Waals surface area contributed by atoms with Crippen LogP contribution in [0.1, 0.15) is 13.8 Å². The third kappa shape index (κ3) is 7.01. The van der Waals surface area contributed by atoms with E-state index in [0.29, 0.717) is 0 Å². The van der Waals surface area contributed by atoms with Crippen LogP contribution in [-0.4, -0.2) is 27.0 Å². The van der Waals surface area contributed by atoms with Crippen molar-refractivity contribution in [3.63, 3.8) is 0 Å². The average Bonchev–Trinajstić information content (AvgIpc) is 2.22. The fourth-order valence-corrected chi connectivity index (χ4v) is 3.06. The Labute approximate surface area is 130 Å². The number of rotatable bonds is 5. The van der Waals surface area contributed by atoms with Gasteiger partial charge in [0.15, 0.2) is 0 Å². The van der Waals surface area contributed by atoms with Crippen LogP contribution < -0.4 is 0 Å². The Morgan fingerprint density at radius 2 is 1.63 bits per heavy atom.